The van der Waals surface area contributed by atoms with E-state index < -0.39 is 0 Å². The lowest BCUT2D eigenvalue weighted by molar-refractivity contribution is 0.629. The number of rotatable bonds is 4. The topological polar surface area (TPSA) is 24.9 Å². The van der Waals surface area contributed by atoms with Crippen molar-refractivity contribution in [3.8, 4) is 0 Å². The van der Waals surface area contributed by atoms with E-state index >= 15 is 0 Å². The third-order valence-electron chi connectivity index (χ3n) is 2.63. The van der Waals surface area contributed by atoms with Crippen molar-refractivity contribution < 1.29 is 4.39 Å². The normalized spacial score (nSPS) is 10.5. The summed E-state index contributed by atoms with van der Waals surface area (Å²) in [5.41, 5.74) is 4.55. The number of nitrogens with one attached hydrogen (secondary N) is 1. The molecular weight excluding hydrogens is 235 g/mol. The third-order valence-corrected chi connectivity index (χ3v) is 3.63. The highest BCUT2D eigenvalue weighted by molar-refractivity contribution is 7.09. The summed E-state index contributed by atoms with van der Waals surface area (Å²) in [5.74, 6) is -0.198. The summed E-state index contributed by atoms with van der Waals surface area (Å²) in [5, 5.41) is 3.12. The Labute approximate surface area is 105 Å². The molecule has 0 atom stereocenters. The Kier molecular flexibility index (Phi) is 3.74. The highest BCUT2D eigenvalue weighted by Gasteiger charge is 2.03. The van der Waals surface area contributed by atoms with E-state index in [1.807, 2.05) is 25.4 Å². The maximum Gasteiger partial charge on any atom is 0.146 e. The summed E-state index contributed by atoms with van der Waals surface area (Å²) in [4.78, 5) is 5.45. The molecule has 17 heavy (non-hydrogen) atoms. The van der Waals surface area contributed by atoms with Crippen molar-refractivity contribution in [1.82, 2.24) is 4.98 Å². The zero-order valence-corrected chi connectivity index (χ0v) is 10.8. The zero-order valence-electron chi connectivity index (χ0n) is 9.96. The average Bonchev–Trinajstić information content (AvgIpc) is 2.70. The smallest absolute Gasteiger partial charge is 0.146 e. The molecule has 0 spiro atoms. The Hall–Kier alpha value is -1.42. The molecule has 0 saturated heterocycles. The van der Waals surface area contributed by atoms with Crippen LogP contribution in [0.25, 0.3) is 0 Å². The summed E-state index contributed by atoms with van der Waals surface area (Å²) < 4.78 is 13.4. The second-order valence-electron chi connectivity index (χ2n) is 4.02. The van der Waals surface area contributed by atoms with Crippen LogP contribution in [0.4, 0.5) is 10.1 Å². The van der Waals surface area contributed by atoms with E-state index in [1.165, 1.54) is 10.9 Å². The van der Waals surface area contributed by atoms with E-state index in [1.54, 1.807) is 17.4 Å². The van der Waals surface area contributed by atoms with Crippen LogP contribution in [0.3, 0.4) is 0 Å². The summed E-state index contributed by atoms with van der Waals surface area (Å²) in [7, 11) is 0. The van der Waals surface area contributed by atoms with Gasteiger partial charge < -0.3 is 5.32 Å². The molecule has 1 aromatic heterocycles. The first kappa shape index (κ1) is 12.0. The molecule has 4 heteroatoms. The van der Waals surface area contributed by atoms with E-state index in [9.17, 15) is 4.39 Å². The molecule has 0 aliphatic carbocycles. The minimum absolute atomic E-state index is 0.198. The molecule has 90 valence electrons. The van der Waals surface area contributed by atoms with Crippen LogP contribution in [0.15, 0.2) is 23.7 Å². The molecule has 0 aliphatic rings. The quantitative estimate of drug-likeness (QED) is 0.897. The summed E-state index contributed by atoms with van der Waals surface area (Å²) in [6.45, 7) is 4.68. The van der Waals surface area contributed by atoms with Gasteiger partial charge in [-0.1, -0.05) is 6.07 Å². The highest BCUT2D eigenvalue weighted by Crippen LogP contribution is 2.17. The lowest BCUT2D eigenvalue weighted by atomic mass is 10.2. The first-order valence-corrected chi connectivity index (χ1v) is 6.44. The standard InChI is InChI=1S/C13H15FN2S/c1-9-3-4-11(14)12(7-9)15-6-5-13-10(2)16-8-17-13/h3-4,7-8,15H,5-6H2,1-2H3. The number of hydrogen-bond acceptors (Lipinski definition) is 3. The van der Waals surface area contributed by atoms with Gasteiger partial charge in [-0.15, -0.1) is 11.3 Å². The van der Waals surface area contributed by atoms with E-state index in [4.69, 9.17) is 0 Å². The van der Waals surface area contributed by atoms with Gasteiger partial charge in [-0.25, -0.2) is 9.37 Å². The van der Waals surface area contributed by atoms with E-state index in [2.05, 4.69) is 10.3 Å². The van der Waals surface area contributed by atoms with Gasteiger partial charge in [-0.2, -0.15) is 0 Å². The number of anilines is 1. The van der Waals surface area contributed by atoms with Crippen molar-refractivity contribution in [2.75, 3.05) is 11.9 Å². The lowest BCUT2D eigenvalue weighted by Crippen LogP contribution is -2.06. The van der Waals surface area contributed by atoms with Gasteiger partial charge in [0.15, 0.2) is 0 Å². The molecule has 2 aromatic rings. The number of benzene rings is 1. The summed E-state index contributed by atoms with van der Waals surface area (Å²) >= 11 is 1.65. The third kappa shape index (κ3) is 3.03. The Morgan fingerprint density at radius 1 is 1.35 bits per heavy atom. The van der Waals surface area contributed by atoms with Gasteiger partial charge in [0.05, 0.1) is 16.9 Å². The average molecular weight is 250 g/mol. The predicted molar refractivity (Wildman–Crippen MR) is 70.2 cm³/mol. The Balaban J connectivity index is 1.94. The van der Waals surface area contributed by atoms with Crippen LogP contribution in [0.5, 0.6) is 0 Å². The Bertz CT molecular complexity index is 508. The molecule has 1 aromatic carbocycles. The summed E-state index contributed by atoms with van der Waals surface area (Å²) in [6, 6.07) is 5.10. The van der Waals surface area contributed by atoms with Gasteiger partial charge in [-0.3, -0.25) is 0 Å². The van der Waals surface area contributed by atoms with Crippen molar-refractivity contribution in [3.63, 3.8) is 0 Å². The molecule has 0 amide bonds. The molecule has 2 rings (SSSR count). The van der Waals surface area contributed by atoms with Gasteiger partial charge in [0.1, 0.15) is 5.82 Å². The Morgan fingerprint density at radius 3 is 2.88 bits per heavy atom. The van der Waals surface area contributed by atoms with Gasteiger partial charge in [-0.05, 0) is 31.5 Å². The fourth-order valence-corrected chi connectivity index (χ4v) is 2.43. The van der Waals surface area contributed by atoms with Crippen LogP contribution in [0.1, 0.15) is 16.1 Å². The molecule has 0 aliphatic heterocycles. The molecule has 0 bridgehead atoms. The molecule has 1 N–H and O–H groups in total. The van der Waals surface area contributed by atoms with Gasteiger partial charge in [0.25, 0.3) is 0 Å². The number of aryl methyl sites for hydroxylation is 2. The fourth-order valence-electron chi connectivity index (χ4n) is 1.65. The fraction of sp³-hybridized carbons (Fsp3) is 0.308. The van der Waals surface area contributed by atoms with Gasteiger partial charge >= 0.3 is 0 Å². The van der Waals surface area contributed by atoms with Gasteiger partial charge in [0, 0.05) is 17.8 Å². The Morgan fingerprint density at radius 2 is 2.18 bits per heavy atom. The van der Waals surface area contributed by atoms with Crippen molar-refractivity contribution >= 4 is 17.0 Å². The van der Waals surface area contributed by atoms with Crippen molar-refractivity contribution in [1.29, 1.82) is 0 Å². The summed E-state index contributed by atoms with van der Waals surface area (Å²) in [6.07, 6.45) is 0.879. The SMILES string of the molecule is Cc1ccc(F)c(NCCc2scnc2C)c1. The molecule has 0 fully saturated rings. The van der Waals surface area contributed by atoms with Crippen molar-refractivity contribution in [2.24, 2.45) is 0 Å². The van der Waals surface area contributed by atoms with E-state index in [0.29, 0.717) is 5.69 Å². The van der Waals surface area contributed by atoms with Crippen LogP contribution in [-0.4, -0.2) is 11.5 Å². The molecule has 2 nitrogen and oxygen atoms in total. The zero-order chi connectivity index (χ0) is 12.3. The first-order valence-electron chi connectivity index (χ1n) is 5.56. The molecule has 0 radical (unpaired) electrons. The maximum atomic E-state index is 13.4. The minimum atomic E-state index is -0.198. The van der Waals surface area contributed by atoms with Crippen LogP contribution in [0.2, 0.25) is 0 Å². The minimum Gasteiger partial charge on any atom is -0.382 e. The number of thiazole rings is 1. The van der Waals surface area contributed by atoms with Crippen LogP contribution >= 0.6 is 11.3 Å². The van der Waals surface area contributed by atoms with Crippen LogP contribution in [0, 0.1) is 19.7 Å². The van der Waals surface area contributed by atoms with E-state index in [-0.39, 0.29) is 5.82 Å². The second kappa shape index (κ2) is 5.27. The van der Waals surface area contributed by atoms with Crippen LogP contribution < -0.4 is 5.32 Å². The largest absolute Gasteiger partial charge is 0.382 e. The predicted octanol–water partition coefficient (Wildman–Crippen LogP) is 3.55. The van der Waals surface area contributed by atoms with Crippen molar-refractivity contribution in [3.05, 3.63) is 45.7 Å². The monoisotopic (exact) mass is 250 g/mol. The molecular formula is C13H15FN2S. The molecule has 0 saturated carbocycles. The molecule has 0 unspecified atom stereocenters. The number of halogens is 1. The second-order valence-corrected chi connectivity index (χ2v) is 4.96. The van der Waals surface area contributed by atoms with Gasteiger partial charge in [0.2, 0.25) is 0 Å². The lowest BCUT2D eigenvalue weighted by Gasteiger charge is -2.07. The maximum absolute atomic E-state index is 13.4. The highest BCUT2D eigenvalue weighted by atomic mass is 32.1. The van der Waals surface area contributed by atoms with E-state index in [0.717, 1.165) is 24.2 Å². The number of nitrogens with zero attached hydrogens (tertiary/aromatic N) is 1. The number of aromatic nitrogens is 1. The number of hydrogen-bond donors (Lipinski definition) is 1. The molecule has 1 heterocycles. The van der Waals surface area contributed by atoms with Crippen LogP contribution in [-0.2, 0) is 6.42 Å². The first-order chi connectivity index (χ1) is 8.16. The van der Waals surface area contributed by atoms with Crippen molar-refractivity contribution in [2.45, 2.75) is 20.3 Å².